The third-order valence-electron chi connectivity index (χ3n) is 3.94. The van der Waals surface area contributed by atoms with Gasteiger partial charge in [-0.1, -0.05) is 30.3 Å². The third-order valence-corrected chi connectivity index (χ3v) is 3.94. The molecule has 6 heteroatoms. The van der Waals surface area contributed by atoms with Crippen molar-refractivity contribution in [2.75, 3.05) is 6.54 Å². The number of aromatic nitrogens is 2. The van der Waals surface area contributed by atoms with Crippen LogP contribution in [0.25, 0.3) is 5.69 Å². The third kappa shape index (κ3) is 4.03. The van der Waals surface area contributed by atoms with Gasteiger partial charge in [0.25, 0.3) is 5.91 Å². The first-order chi connectivity index (χ1) is 12.5. The maximum atomic E-state index is 12.9. The molecule has 5 nitrogen and oxygen atoms in total. The van der Waals surface area contributed by atoms with Crippen LogP contribution < -0.4 is 10.7 Å². The van der Waals surface area contributed by atoms with Gasteiger partial charge in [-0.05, 0) is 43.2 Å². The first kappa shape index (κ1) is 17.5. The molecular formula is C20H18FN3O2. The first-order valence-corrected chi connectivity index (χ1v) is 8.23. The second-order valence-electron chi connectivity index (χ2n) is 5.88. The van der Waals surface area contributed by atoms with Crippen molar-refractivity contribution in [3.63, 3.8) is 0 Å². The second kappa shape index (κ2) is 7.74. The molecule has 1 N–H and O–H groups in total. The average Bonchev–Trinajstić information content (AvgIpc) is 2.64. The molecule has 0 spiro atoms. The van der Waals surface area contributed by atoms with Crippen molar-refractivity contribution in [3.05, 3.63) is 93.7 Å². The molecule has 0 radical (unpaired) electrons. The Bertz CT molecular complexity index is 967. The molecule has 1 heterocycles. The first-order valence-electron chi connectivity index (χ1n) is 8.23. The van der Waals surface area contributed by atoms with E-state index in [-0.39, 0.29) is 11.5 Å². The minimum atomic E-state index is -0.526. The number of nitrogens with zero attached hydrogens (tertiary/aromatic N) is 2. The van der Waals surface area contributed by atoms with E-state index < -0.39 is 11.3 Å². The number of carbonyl (C=O) groups is 1. The molecule has 0 aliphatic rings. The van der Waals surface area contributed by atoms with Crippen LogP contribution in [0.4, 0.5) is 4.39 Å². The molecule has 0 saturated heterocycles. The van der Waals surface area contributed by atoms with Crippen LogP contribution in [0.5, 0.6) is 0 Å². The van der Waals surface area contributed by atoms with Crippen molar-refractivity contribution in [3.8, 4) is 5.69 Å². The molecule has 0 atom stereocenters. The molecule has 26 heavy (non-hydrogen) atoms. The normalized spacial score (nSPS) is 10.5. The number of halogens is 1. The van der Waals surface area contributed by atoms with E-state index in [1.54, 1.807) is 23.7 Å². The zero-order chi connectivity index (χ0) is 18.5. The van der Waals surface area contributed by atoms with Crippen LogP contribution >= 0.6 is 0 Å². The van der Waals surface area contributed by atoms with Crippen LogP contribution in [0.2, 0.25) is 0 Å². The summed E-state index contributed by atoms with van der Waals surface area (Å²) < 4.78 is 14.5. The lowest BCUT2D eigenvalue weighted by Gasteiger charge is -2.11. The number of aryl methyl sites for hydroxylation is 1. The second-order valence-corrected chi connectivity index (χ2v) is 5.88. The molecule has 0 bridgehead atoms. The Morgan fingerprint density at radius 1 is 1.12 bits per heavy atom. The number of amides is 1. The van der Waals surface area contributed by atoms with Crippen LogP contribution in [-0.4, -0.2) is 22.2 Å². The molecule has 0 saturated carbocycles. The van der Waals surface area contributed by atoms with Gasteiger partial charge < -0.3 is 5.32 Å². The van der Waals surface area contributed by atoms with Gasteiger partial charge in [-0.2, -0.15) is 5.10 Å². The quantitative estimate of drug-likeness (QED) is 0.769. The van der Waals surface area contributed by atoms with Gasteiger partial charge in [0.05, 0.1) is 5.69 Å². The van der Waals surface area contributed by atoms with Gasteiger partial charge >= 0.3 is 0 Å². The van der Waals surface area contributed by atoms with Crippen molar-refractivity contribution in [1.29, 1.82) is 0 Å². The number of carbonyl (C=O) groups excluding carboxylic acids is 1. The summed E-state index contributed by atoms with van der Waals surface area (Å²) in [6.07, 6.45) is 0.532. The van der Waals surface area contributed by atoms with Crippen molar-refractivity contribution in [1.82, 2.24) is 15.1 Å². The monoisotopic (exact) mass is 351 g/mol. The lowest BCUT2D eigenvalue weighted by molar-refractivity contribution is 0.0946. The maximum Gasteiger partial charge on any atom is 0.275 e. The van der Waals surface area contributed by atoms with Crippen LogP contribution in [0.1, 0.15) is 21.7 Å². The summed E-state index contributed by atoms with van der Waals surface area (Å²) in [4.78, 5) is 24.5. The van der Waals surface area contributed by atoms with Gasteiger partial charge in [0.15, 0.2) is 5.69 Å². The summed E-state index contributed by atoms with van der Waals surface area (Å²) in [6.45, 7) is 2.09. The minimum absolute atomic E-state index is 0.154. The highest BCUT2D eigenvalue weighted by Gasteiger charge is 2.14. The fourth-order valence-electron chi connectivity index (χ4n) is 2.59. The van der Waals surface area contributed by atoms with E-state index in [1.807, 2.05) is 30.3 Å². The Morgan fingerprint density at radius 3 is 2.50 bits per heavy atom. The van der Waals surface area contributed by atoms with Crippen molar-refractivity contribution in [2.45, 2.75) is 13.3 Å². The predicted octanol–water partition coefficient (Wildman–Crippen LogP) is 2.65. The molecule has 3 aromatic rings. The zero-order valence-electron chi connectivity index (χ0n) is 14.3. The van der Waals surface area contributed by atoms with E-state index in [0.717, 1.165) is 11.3 Å². The van der Waals surface area contributed by atoms with Gasteiger partial charge in [0.2, 0.25) is 5.43 Å². The Kier molecular flexibility index (Phi) is 5.22. The molecular weight excluding hydrogens is 333 g/mol. The van der Waals surface area contributed by atoms with E-state index in [1.165, 1.54) is 18.2 Å². The van der Waals surface area contributed by atoms with E-state index in [2.05, 4.69) is 10.4 Å². The summed E-state index contributed by atoms with van der Waals surface area (Å²) in [5.41, 5.74) is 1.73. The van der Waals surface area contributed by atoms with Crippen LogP contribution in [0.15, 0.2) is 65.5 Å². The molecule has 1 amide bonds. The number of benzene rings is 2. The van der Waals surface area contributed by atoms with Gasteiger partial charge in [-0.25, -0.2) is 9.07 Å². The van der Waals surface area contributed by atoms with Gasteiger partial charge in [0, 0.05) is 18.3 Å². The van der Waals surface area contributed by atoms with E-state index in [4.69, 9.17) is 0 Å². The van der Waals surface area contributed by atoms with Gasteiger partial charge in [0.1, 0.15) is 5.82 Å². The van der Waals surface area contributed by atoms with Crippen molar-refractivity contribution < 1.29 is 9.18 Å². The summed E-state index contributed by atoms with van der Waals surface area (Å²) in [6, 6.07) is 16.8. The van der Waals surface area contributed by atoms with E-state index >= 15 is 0 Å². The highest BCUT2D eigenvalue weighted by atomic mass is 19.1. The standard InChI is InChI=1S/C20H18FN3O2/c1-14-13-18(25)19(23-24(14)17-5-3-2-4-6-17)20(26)22-12-11-15-7-9-16(21)10-8-15/h2-10,13H,11-12H2,1H3,(H,22,26). The van der Waals surface area contributed by atoms with Gasteiger partial charge in [-0.3, -0.25) is 9.59 Å². The van der Waals surface area contributed by atoms with E-state index in [0.29, 0.717) is 18.7 Å². The summed E-state index contributed by atoms with van der Waals surface area (Å²) >= 11 is 0. The number of para-hydroxylation sites is 1. The maximum absolute atomic E-state index is 12.9. The SMILES string of the molecule is Cc1cc(=O)c(C(=O)NCCc2ccc(F)cc2)nn1-c1ccccc1. The fourth-order valence-corrected chi connectivity index (χ4v) is 2.59. The minimum Gasteiger partial charge on any atom is -0.350 e. The topological polar surface area (TPSA) is 64.0 Å². The largest absolute Gasteiger partial charge is 0.350 e. The molecule has 3 rings (SSSR count). The summed E-state index contributed by atoms with van der Waals surface area (Å²) in [5, 5.41) is 6.91. The molecule has 132 valence electrons. The van der Waals surface area contributed by atoms with Crippen LogP contribution in [0.3, 0.4) is 0 Å². The fraction of sp³-hybridized carbons (Fsp3) is 0.150. The Hall–Kier alpha value is -3.28. The van der Waals surface area contributed by atoms with Crippen molar-refractivity contribution in [2.24, 2.45) is 0 Å². The Balaban J connectivity index is 1.74. The molecule has 0 unspecified atom stereocenters. The van der Waals surface area contributed by atoms with Crippen LogP contribution in [-0.2, 0) is 6.42 Å². The zero-order valence-corrected chi connectivity index (χ0v) is 14.3. The van der Waals surface area contributed by atoms with Crippen molar-refractivity contribution >= 4 is 5.91 Å². The van der Waals surface area contributed by atoms with E-state index in [9.17, 15) is 14.0 Å². The molecule has 0 fully saturated rings. The molecule has 0 aliphatic heterocycles. The Labute approximate surface area is 150 Å². The predicted molar refractivity (Wildman–Crippen MR) is 97.0 cm³/mol. The summed E-state index contributed by atoms with van der Waals surface area (Å²) in [5.74, 6) is -0.829. The summed E-state index contributed by atoms with van der Waals surface area (Å²) in [7, 11) is 0. The lowest BCUT2D eigenvalue weighted by atomic mass is 10.1. The lowest BCUT2D eigenvalue weighted by Crippen LogP contribution is -2.33. The smallest absolute Gasteiger partial charge is 0.275 e. The highest BCUT2D eigenvalue weighted by molar-refractivity contribution is 5.92. The number of hydrogen-bond donors (Lipinski definition) is 1. The highest BCUT2D eigenvalue weighted by Crippen LogP contribution is 2.08. The Morgan fingerprint density at radius 2 is 1.81 bits per heavy atom. The van der Waals surface area contributed by atoms with Crippen LogP contribution in [0, 0.1) is 12.7 Å². The number of hydrogen-bond acceptors (Lipinski definition) is 3. The molecule has 1 aromatic heterocycles. The van der Waals surface area contributed by atoms with Gasteiger partial charge in [-0.15, -0.1) is 0 Å². The molecule has 0 aliphatic carbocycles. The average molecular weight is 351 g/mol. The number of rotatable bonds is 5. The number of nitrogens with one attached hydrogen (secondary N) is 1. The molecule has 2 aromatic carbocycles.